The van der Waals surface area contributed by atoms with Gasteiger partial charge in [0.25, 0.3) is 5.91 Å². The monoisotopic (exact) mass is 294 g/mol. The minimum Gasteiger partial charge on any atom is -0.497 e. The average molecular weight is 294 g/mol. The Morgan fingerprint density at radius 2 is 2.14 bits per heavy atom. The highest BCUT2D eigenvalue weighted by atomic mass is 16.6. The van der Waals surface area contributed by atoms with Crippen molar-refractivity contribution in [3.05, 3.63) is 18.2 Å². The molecular weight excluding hydrogens is 280 g/mol. The molecule has 0 aliphatic carbocycles. The highest BCUT2D eigenvalue weighted by Gasteiger charge is 2.31. The van der Waals surface area contributed by atoms with Gasteiger partial charge >= 0.3 is 5.97 Å². The molecule has 1 aliphatic heterocycles. The number of nitrogens with one attached hydrogen (secondary N) is 1. The highest BCUT2D eigenvalue weighted by Crippen LogP contribution is 2.29. The molecule has 1 aromatic rings. The number of benzene rings is 1. The molecule has 2 N–H and O–H groups in total. The number of nitrogens with zero attached hydrogens (tertiary/aromatic N) is 1. The summed E-state index contributed by atoms with van der Waals surface area (Å²) >= 11 is 0. The lowest BCUT2D eigenvalue weighted by molar-refractivity contribution is -0.129. The lowest BCUT2D eigenvalue weighted by Crippen LogP contribution is -2.29. The largest absolute Gasteiger partial charge is 0.497 e. The first kappa shape index (κ1) is 14.6. The van der Waals surface area contributed by atoms with Crippen LogP contribution in [-0.4, -0.2) is 43.0 Å². The summed E-state index contributed by atoms with van der Waals surface area (Å²) in [5.41, 5.74) is 0.210. The van der Waals surface area contributed by atoms with Crippen molar-refractivity contribution < 1.29 is 29.0 Å². The van der Waals surface area contributed by atoms with Crippen molar-refractivity contribution in [3.8, 4) is 11.5 Å². The van der Waals surface area contributed by atoms with Gasteiger partial charge in [-0.25, -0.2) is 4.79 Å². The molecule has 0 bridgehead atoms. The molecule has 1 amide bonds. The summed E-state index contributed by atoms with van der Waals surface area (Å²) in [6.45, 7) is 0. The number of carbonyl (C=O) groups excluding carboxylic acids is 1. The zero-order valence-corrected chi connectivity index (χ0v) is 11.5. The molecule has 0 saturated carbocycles. The van der Waals surface area contributed by atoms with Crippen LogP contribution in [-0.2, 0) is 14.4 Å². The number of anilines is 1. The van der Waals surface area contributed by atoms with Gasteiger partial charge in [0.1, 0.15) is 11.5 Å². The van der Waals surface area contributed by atoms with Crippen LogP contribution in [0.3, 0.4) is 0 Å². The average Bonchev–Trinajstić information content (AvgIpc) is 2.97. The van der Waals surface area contributed by atoms with Crippen LogP contribution in [0.5, 0.6) is 11.5 Å². The van der Waals surface area contributed by atoms with Gasteiger partial charge in [-0.3, -0.25) is 4.79 Å². The van der Waals surface area contributed by atoms with E-state index in [4.69, 9.17) is 19.4 Å². The van der Waals surface area contributed by atoms with E-state index in [-0.39, 0.29) is 12.1 Å². The van der Waals surface area contributed by atoms with E-state index < -0.39 is 18.0 Å². The van der Waals surface area contributed by atoms with Crippen LogP contribution in [0.1, 0.15) is 6.42 Å². The number of methoxy groups -OCH3 is 2. The number of ether oxygens (including phenoxy) is 2. The third-order valence-electron chi connectivity index (χ3n) is 2.87. The van der Waals surface area contributed by atoms with Crippen LogP contribution >= 0.6 is 0 Å². The summed E-state index contributed by atoms with van der Waals surface area (Å²) in [6.07, 6.45) is -1.07. The maximum atomic E-state index is 12.1. The minimum absolute atomic E-state index is 0.0898. The smallest absolute Gasteiger partial charge is 0.353 e. The number of rotatable bonds is 5. The van der Waals surface area contributed by atoms with E-state index in [2.05, 4.69) is 10.5 Å². The summed E-state index contributed by atoms with van der Waals surface area (Å²) < 4.78 is 10.2. The van der Waals surface area contributed by atoms with Crippen molar-refractivity contribution in [2.24, 2.45) is 5.16 Å². The maximum absolute atomic E-state index is 12.1. The molecule has 0 fully saturated rings. The number of hydrogen-bond donors (Lipinski definition) is 2. The number of aliphatic carboxylic acids is 1. The van der Waals surface area contributed by atoms with Crippen LogP contribution in [0.15, 0.2) is 23.4 Å². The minimum atomic E-state index is -1.20. The molecule has 8 heteroatoms. The molecule has 1 atom stereocenters. The lowest BCUT2D eigenvalue weighted by Gasteiger charge is -2.13. The van der Waals surface area contributed by atoms with Crippen LogP contribution in [0, 0.1) is 0 Å². The summed E-state index contributed by atoms with van der Waals surface area (Å²) in [5.74, 6) is -0.728. The van der Waals surface area contributed by atoms with Crippen molar-refractivity contribution >= 4 is 23.3 Å². The summed E-state index contributed by atoms with van der Waals surface area (Å²) in [6, 6.07) is 4.92. The number of carboxylic acids is 1. The number of carboxylic acid groups (broad SMARTS) is 1. The standard InChI is InChI=1S/C13H14N2O6/c1-19-7-3-4-10(20-2)8(5-7)14-12(16)11-6-9(13(17)18)15-21-11/h3-5,11H,6H2,1-2H3,(H,14,16)(H,17,18). The third kappa shape index (κ3) is 3.22. The van der Waals surface area contributed by atoms with E-state index in [1.807, 2.05) is 0 Å². The molecule has 21 heavy (non-hydrogen) atoms. The Morgan fingerprint density at radius 3 is 2.71 bits per heavy atom. The van der Waals surface area contributed by atoms with Crippen molar-refractivity contribution in [1.29, 1.82) is 0 Å². The van der Waals surface area contributed by atoms with E-state index in [1.165, 1.54) is 14.2 Å². The van der Waals surface area contributed by atoms with E-state index in [9.17, 15) is 9.59 Å². The van der Waals surface area contributed by atoms with Gasteiger partial charge in [0.15, 0.2) is 5.71 Å². The first-order chi connectivity index (χ1) is 10.0. The van der Waals surface area contributed by atoms with Gasteiger partial charge in [-0.05, 0) is 12.1 Å². The van der Waals surface area contributed by atoms with E-state index in [0.29, 0.717) is 17.2 Å². The molecule has 0 aromatic heterocycles. The summed E-state index contributed by atoms with van der Waals surface area (Å²) in [5, 5.41) is 14.7. The van der Waals surface area contributed by atoms with E-state index in [1.54, 1.807) is 18.2 Å². The molecular formula is C13H14N2O6. The molecule has 1 aliphatic rings. The molecule has 112 valence electrons. The second kappa shape index (κ2) is 6.12. The summed E-state index contributed by atoms with van der Waals surface area (Å²) in [4.78, 5) is 27.6. The second-order valence-corrected chi connectivity index (χ2v) is 4.20. The number of carbonyl (C=O) groups is 2. The molecule has 0 radical (unpaired) electrons. The van der Waals surface area contributed by atoms with E-state index in [0.717, 1.165) is 0 Å². The topological polar surface area (TPSA) is 106 Å². The Hall–Kier alpha value is -2.77. The first-order valence-corrected chi connectivity index (χ1v) is 6.04. The Bertz CT molecular complexity index is 598. The Labute approximate surface area is 120 Å². The van der Waals surface area contributed by atoms with Crippen LogP contribution in [0.4, 0.5) is 5.69 Å². The zero-order valence-electron chi connectivity index (χ0n) is 11.5. The van der Waals surface area contributed by atoms with Crippen molar-refractivity contribution in [3.63, 3.8) is 0 Å². The van der Waals surface area contributed by atoms with Crippen LogP contribution in [0.2, 0.25) is 0 Å². The summed E-state index contributed by atoms with van der Waals surface area (Å²) in [7, 11) is 2.97. The predicted molar refractivity (Wildman–Crippen MR) is 72.7 cm³/mol. The number of oxime groups is 1. The van der Waals surface area contributed by atoms with Crippen molar-refractivity contribution in [2.45, 2.75) is 12.5 Å². The fraction of sp³-hybridized carbons (Fsp3) is 0.308. The fourth-order valence-corrected chi connectivity index (χ4v) is 1.77. The Morgan fingerprint density at radius 1 is 1.38 bits per heavy atom. The molecule has 1 unspecified atom stereocenters. The maximum Gasteiger partial charge on any atom is 0.353 e. The number of amides is 1. The van der Waals surface area contributed by atoms with Gasteiger partial charge in [0.05, 0.1) is 19.9 Å². The van der Waals surface area contributed by atoms with Crippen molar-refractivity contribution in [2.75, 3.05) is 19.5 Å². The van der Waals surface area contributed by atoms with Crippen molar-refractivity contribution in [1.82, 2.24) is 0 Å². The predicted octanol–water partition coefficient (Wildman–Crippen LogP) is 0.872. The fourth-order valence-electron chi connectivity index (χ4n) is 1.77. The molecule has 0 spiro atoms. The van der Waals surface area contributed by atoms with Gasteiger partial charge in [-0.1, -0.05) is 5.16 Å². The zero-order chi connectivity index (χ0) is 15.4. The SMILES string of the molecule is COc1ccc(OC)c(NC(=O)C2CC(C(=O)O)=NO2)c1. The number of hydrogen-bond acceptors (Lipinski definition) is 6. The van der Waals surface area contributed by atoms with E-state index >= 15 is 0 Å². The molecule has 1 aromatic carbocycles. The molecule has 0 saturated heterocycles. The molecule has 2 rings (SSSR count). The lowest BCUT2D eigenvalue weighted by atomic mass is 10.1. The Balaban J connectivity index is 2.08. The quantitative estimate of drug-likeness (QED) is 0.834. The van der Waals surface area contributed by atoms with Gasteiger partial charge < -0.3 is 24.7 Å². The normalized spacial score (nSPS) is 16.7. The van der Waals surface area contributed by atoms with Crippen LogP contribution < -0.4 is 14.8 Å². The van der Waals surface area contributed by atoms with Crippen LogP contribution in [0.25, 0.3) is 0 Å². The molecule has 1 heterocycles. The first-order valence-electron chi connectivity index (χ1n) is 6.04. The second-order valence-electron chi connectivity index (χ2n) is 4.20. The van der Waals surface area contributed by atoms with Gasteiger partial charge in [-0.2, -0.15) is 0 Å². The third-order valence-corrected chi connectivity index (χ3v) is 2.87. The van der Waals surface area contributed by atoms with Gasteiger partial charge in [-0.15, -0.1) is 0 Å². The molecule has 8 nitrogen and oxygen atoms in total. The van der Waals surface area contributed by atoms with Gasteiger partial charge in [0, 0.05) is 12.5 Å². The highest BCUT2D eigenvalue weighted by molar-refractivity contribution is 6.36. The Kier molecular flexibility index (Phi) is 4.27. The van der Waals surface area contributed by atoms with Gasteiger partial charge in [0.2, 0.25) is 6.10 Å².